The molecule has 3 saturated carbocycles. The Hall–Kier alpha value is 0.250. The van der Waals surface area contributed by atoms with Gasteiger partial charge in [0.25, 0.3) is 0 Å². The van der Waals surface area contributed by atoms with Crippen molar-refractivity contribution in [1.29, 1.82) is 0 Å². The highest BCUT2D eigenvalue weighted by molar-refractivity contribution is 6.21. The number of rotatable bonds is 3. The van der Waals surface area contributed by atoms with Gasteiger partial charge in [-0.2, -0.15) is 0 Å². The van der Waals surface area contributed by atoms with Crippen LogP contribution in [0.25, 0.3) is 0 Å². The first-order valence-corrected chi connectivity index (χ1v) is 8.49. The van der Waals surface area contributed by atoms with Crippen LogP contribution in [0.3, 0.4) is 0 Å². The number of hydrogen-bond acceptors (Lipinski definition) is 1. The molecule has 2 bridgehead atoms. The molecule has 110 valence electrons. The Morgan fingerprint density at radius 1 is 1.11 bits per heavy atom. The van der Waals surface area contributed by atoms with Gasteiger partial charge in [-0.3, -0.25) is 0 Å². The lowest BCUT2D eigenvalue weighted by molar-refractivity contribution is -0.168. The van der Waals surface area contributed by atoms with Crippen molar-refractivity contribution in [2.45, 2.75) is 84.3 Å². The summed E-state index contributed by atoms with van der Waals surface area (Å²) >= 11 is 6.43. The Bertz CT molecular complexity index is 379. The normalized spacial score (nSPS) is 55.3. The third kappa shape index (κ3) is 1.64. The molecular weight excluding hydrogens is 256 g/mol. The van der Waals surface area contributed by atoms with Crippen molar-refractivity contribution in [3.63, 3.8) is 0 Å². The molecule has 0 aliphatic heterocycles. The molecule has 0 saturated heterocycles. The van der Waals surface area contributed by atoms with Crippen molar-refractivity contribution in [3.05, 3.63) is 0 Å². The van der Waals surface area contributed by atoms with E-state index in [2.05, 4.69) is 34.6 Å². The van der Waals surface area contributed by atoms with Crippen LogP contribution in [0.2, 0.25) is 0 Å². The average molecular weight is 285 g/mol. The first kappa shape index (κ1) is 14.2. The second kappa shape index (κ2) is 4.13. The Balaban J connectivity index is 1.73. The van der Waals surface area contributed by atoms with Crippen LogP contribution in [-0.4, -0.2) is 17.6 Å². The van der Waals surface area contributed by atoms with Crippen molar-refractivity contribution >= 4 is 11.6 Å². The van der Waals surface area contributed by atoms with E-state index in [0.717, 1.165) is 18.8 Å². The zero-order chi connectivity index (χ0) is 14.1. The van der Waals surface area contributed by atoms with Crippen molar-refractivity contribution < 1.29 is 4.74 Å². The van der Waals surface area contributed by atoms with Gasteiger partial charge in [-0.25, -0.2) is 0 Å². The molecule has 0 heterocycles. The summed E-state index contributed by atoms with van der Waals surface area (Å²) in [6.45, 7) is 11.9. The standard InChI is InChI=1S/C17H29ClO/c1-6-16(4)12(18)10-13(16)19-14-9-11-7-8-17(14,5)15(11,2)3/h11-14H,6-10H2,1-5H3. The molecule has 0 aromatic heterocycles. The highest BCUT2D eigenvalue weighted by Gasteiger charge is 2.63. The van der Waals surface area contributed by atoms with Crippen molar-refractivity contribution in [1.82, 2.24) is 0 Å². The quantitative estimate of drug-likeness (QED) is 0.662. The third-order valence-corrected chi connectivity index (χ3v) is 8.35. The highest BCUT2D eigenvalue weighted by Crippen LogP contribution is 2.67. The molecule has 0 aromatic rings. The zero-order valence-corrected chi connectivity index (χ0v) is 13.9. The molecule has 3 rings (SSSR count). The SMILES string of the molecule is CCC1(C)C(Cl)CC1OC1CC2CCC1(C)C2(C)C. The summed E-state index contributed by atoms with van der Waals surface area (Å²) in [5, 5.41) is 0.307. The maximum Gasteiger partial charge on any atom is 0.0661 e. The molecule has 1 nitrogen and oxygen atoms in total. The zero-order valence-electron chi connectivity index (χ0n) is 13.1. The lowest BCUT2D eigenvalue weighted by atomic mass is 9.64. The summed E-state index contributed by atoms with van der Waals surface area (Å²) in [7, 11) is 0. The number of hydrogen-bond donors (Lipinski definition) is 0. The summed E-state index contributed by atoms with van der Waals surface area (Å²) in [5.41, 5.74) is 1.03. The van der Waals surface area contributed by atoms with E-state index in [1.807, 2.05) is 0 Å². The van der Waals surface area contributed by atoms with Crippen LogP contribution in [0.5, 0.6) is 0 Å². The maximum absolute atomic E-state index is 6.61. The number of ether oxygens (including phenoxy) is 1. The van der Waals surface area contributed by atoms with Crippen LogP contribution in [0.15, 0.2) is 0 Å². The first-order chi connectivity index (χ1) is 8.75. The summed E-state index contributed by atoms with van der Waals surface area (Å²) in [5.74, 6) is 0.863. The maximum atomic E-state index is 6.61. The summed E-state index contributed by atoms with van der Waals surface area (Å²) < 4.78 is 6.61. The van der Waals surface area contributed by atoms with E-state index in [9.17, 15) is 0 Å². The number of fused-ring (bicyclic) bond motifs is 2. The van der Waals surface area contributed by atoms with E-state index in [-0.39, 0.29) is 5.41 Å². The smallest absolute Gasteiger partial charge is 0.0661 e. The van der Waals surface area contributed by atoms with E-state index in [1.54, 1.807) is 0 Å². The molecule has 0 aromatic carbocycles. The van der Waals surface area contributed by atoms with E-state index in [0.29, 0.717) is 28.4 Å². The molecule has 19 heavy (non-hydrogen) atoms. The Kier molecular flexibility index (Phi) is 3.09. The second-order valence-corrected chi connectivity index (χ2v) is 8.81. The minimum Gasteiger partial charge on any atom is -0.374 e. The van der Waals surface area contributed by atoms with Crippen LogP contribution < -0.4 is 0 Å². The van der Waals surface area contributed by atoms with E-state index < -0.39 is 0 Å². The molecule has 0 N–H and O–H groups in total. The van der Waals surface area contributed by atoms with Crippen LogP contribution in [0.1, 0.15) is 66.7 Å². The van der Waals surface area contributed by atoms with E-state index in [4.69, 9.17) is 16.3 Å². The van der Waals surface area contributed by atoms with Gasteiger partial charge in [-0.15, -0.1) is 11.6 Å². The van der Waals surface area contributed by atoms with Gasteiger partial charge >= 0.3 is 0 Å². The van der Waals surface area contributed by atoms with Crippen LogP contribution in [0, 0.1) is 22.2 Å². The molecule has 0 amide bonds. The monoisotopic (exact) mass is 284 g/mol. The number of halogens is 1. The van der Waals surface area contributed by atoms with Crippen LogP contribution >= 0.6 is 11.6 Å². The molecular formula is C17H29ClO. The minimum atomic E-state index is 0.198. The van der Waals surface area contributed by atoms with Crippen LogP contribution in [0.4, 0.5) is 0 Å². The summed E-state index contributed by atoms with van der Waals surface area (Å²) in [6.07, 6.45) is 7.03. The van der Waals surface area contributed by atoms with Crippen molar-refractivity contribution in [3.8, 4) is 0 Å². The van der Waals surface area contributed by atoms with Gasteiger partial charge in [0.15, 0.2) is 0 Å². The fourth-order valence-corrected chi connectivity index (χ4v) is 5.42. The lowest BCUT2D eigenvalue weighted by Gasteiger charge is -2.53. The van der Waals surface area contributed by atoms with Gasteiger partial charge in [0, 0.05) is 10.8 Å². The molecule has 3 aliphatic carbocycles. The molecule has 3 aliphatic rings. The van der Waals surface area contributed by atoms with Gasteiger partial charge in [0.1, 0.15) is 0 Å². The average Bonchev–Trinajstić information content (AvgIpc) is 2.70. The molecule has 3 fully saturated rings. The summed E-state index contributed by atoms with van der Waals surface area (Å²) in [6, 6.07) is 0. The number of alkyl halides is 1. The predicted octanol–water partition coefficient (Wildman–Crippen LogP) is 5.01. The van der Waals surface area contributed by atoms with Gasteiger partial charge < -0.3 is 4.74 Å². The fraction of sp³-hybridized carbons (Fsp3) is 1.00. The molecule has 0 radical (unpaired) electrons. The molecule has 6 atom stereocenters. The van der Waals surface area contributed by atoms with Gasteiger partial charge in [0.05, 0.1) is 12.2 Å². The Morgan fingerprint density at radius 3 is 2.21 bits per heavy atom. The molecule has 6 unspecified atom stereocenters. The van der Waals surface area contributed by atoms with Crippen molar-refractivity contribution in [2.75, 3.05) is 0 Å². The predicted molar refractivity (Wildman–Crippen MR) is 80.5 cm³/mol. The van der Waals surface area contributed by atoms with Crippen LogP contribution in [-0.2, 0) is 4.74 Å². The second-order valence-electron chi connectivity index (χ2n) is 8.29. The third-order valence-electron chi connectivity index (χ3n) is 7.68. The Labute approximate surface area is 123 Å². The van der Waals surface area contributed by atoms with E-state index >= 15 is 0 Å². The molecule has 2 heteroatoms. The highest BCUT2D eigenvalue weighted by atomic mass is 35.5. The lowest BCUT2D eigenvalue weighted by Crippen LogP contribution is -2.56. The molecule has 0 spiro atoms. The van der Waals surface area contributed by atoms with Gasteiger partial charge in [-0.1, -0.05) is 34.6 Å². The largest absolute Gasteiger partial charge is 0.374 e. The van der Waals surface area contributed by atoms with E-state index in [1.165, 1.54) is 19.3 Å². The van der Waals surface area contributed by atoms with Gasteiger partial charge in [-0.05, 0) is 48.9 Å². The minimum absolute atomic E-state index is 0.198. The Morgan fingerprint density at radius 2 is 1.79 bits per heavy atom. The van der Waals surface area contributed by atoms with Gasteiger partial charge in [0.2, 0.25) is 0 Å². The topological polar surface area (TPSA) is 9.23 Å². The summed E-state index contributed by atoms with van der Waals surface area (Å²) in [4.78, 5) is 0. The van der Waals surface area contributed by atoms with Crippen molar-refractivity contribution in [2.24, 2.45) is 22.2 Å². The first-order valence-electron chi connectivity index (χ1n) is 8.05. The fourth-order valence-electron chi connectivity index (χ4n) is 4.96.